The topological polar surface area (TPSA) is 38.8 Å². The minimum Gasteiger partial charge on any atom is -0.413 e. The van der Waals surface area contributed by atoms with E-state index in [2.05, 4.69) is 85.9 Å². The summed E-state index contributed by atoms with van der Waals surface area (Å²) in [5.41, 5.74) is 6.82. The molecule has 0 fully saturated rings. The van der Waals surface area contributed by atoms with Crippen molar-refractivity contribution in [3.8, 4) is 11.1 Å². The van der Waals surface area contributed by atoms with Crippen LogP contribution >= 0.6 is 0 Å². The SMILES string of the molecule is CC(=O)N1Cc2cc(CO[Si](C)(C)C(C)(C)C)c(CO[Si](C)(C)C(C)(C)C)cc2-c2ccccc21. The van der Waals surface area contributed by atoms with Gasteiger partial charge in [0, 0.05) is 12.5 Å². The van der Waals surface area contributed by atoms with E-state index in [9.17, 15) is 4.79 Å². The van der Waals surface area contributed by atoms with Crippen LogP contribution in [0.4, 0.5) is 5.69 Å². The van der Waals surface area contributed by atoms with Gasteiger partial charge >= 0.3 is 0 Å². The largest absolute Gasteiger partial charge is 0.413 e. The number of fused-ring (bicyclic) bond motifs is 3. The molecular formula is C29H45NO3Si2. The molecule has 0 bridgehead atoms. The van der Waals surface area contributed by atoms with Gasteiger partial charge in [-0.3, -0.25) is 4.79 Å². The summed E-state index contributed by atoms with van der Waals surface area (Å²) in [5, 5.41) is 0.289. The second-order valence-electron chi connectivity index (χ2n) is 13.0. The van der Waals surface area contributed by atoms with Crippen LogP contribution < -0.4 is 4.90 Å². The van der Waals surface area contributed by atoms with Gasteiger partial charge in [0.1, 0.15) is 0 Å². The Kier molecular flexibility index (Phi) is 7.65. The highest BCUT2D eigenvalue weighted by Gasteiger charge is 2.39. The van der Waals surface area contributed by atoms with Crippen molar-refractivity contribution in [1.82, 2.24) is 0 Å². The van der Waals surface area contributed by atoms with Crippen LogP contribution in [0, 0.1) is 0 Å². The van der Waals surface area contributed by atoms with Crippen molar-refractivity contribution in [3.05, 3.63) is 53.1 Å². The van der Waals surface area contributed by atoms with Gasteiger partial charge in [-0.25, -0.2) is 0 Å². The first-order valence-electron chi connectivity index (χ1n) is 12.7. The third-order valence-corrected chi connectivity index (χ3v) is 17.4. The number of hydrogen-bond acceptors (Lipinski definition) is 3. The average Bonchev–Trinajstić information content (AvgIpc) is 2.73. The third-order valence-electron chi connectivity index (χ3n) is 8.41. The number of para-hydroxylation sites is 1. The van der Waals surface area contributed by atoms with E-state index in [1.54, 1.807) is 6.92 Å². The van der Waals surface area contributed by atoms with Crippen molar-refractivity contribution >= 4 is 28.2 Å². The molecule has 2 aromatic rings. The maximum Gasteiger partial charge on any atom is 0.224 e. The van der Waals surface area contributed by atoms with Crippen LogP contribution in [-0.2, 0) is 33.4 Å². The van der Waals surface area contributed by atoms with Crippen molar-refractivity contribution < 1.29 is 13.6 Å². The predicted octanol–water partition coefficient (Wildman–Crippen LogP) is 8.26. The van der Waals surface area contributed by atoms with E-state index >= 15 is 0 Å². The van der Waals surface area contributed by atoms with Crippen LogP contribution in [0.1, 0.15) is 65.2 Å². The summed E-state index contributed by atoms with van der Waals surface area (Å²) < 4.78 is 13.4. The Hall–Kier alpha value is -1.74. The Morgan fingerprint density at radius 1 is 0.829 bits per heavy atom. The van der Waals surface area contributed by atoms with Crippen molar-refractivity contribution in [3.63, 3.8) is 0 Å². The molecule has 0 radical (unpaired) electrons. The van der Waals surface area contributed by atoms with E-state index in [1.807, 2.05) is 23.1 Å². The third kappa shape index (κ3) is 5.82. The minimum absolute atomic E-state index is 0.0625. The van der Waals surface area contributed by atoms with Gasteiger partial charge in [0.15, 0.2) is 16.6 Å². The van der Waals surface area contributed by atoms with E-state index in [4.69, 9.17) is 8.85 Å². The fraction of sp³-hybridized carbons (Fsp3) is 0.552. The molecule has 2 aromatic carbocycles. The van der Waals surface area contributed by atoms with E-state index in [-0.39, 0.29) is 16.0 Å². The van der Waals surface area contributed by atoms with Gasteiger partial charge in [0.25, 0.3) is 0 Å². The number of hydrogen-bond donors (Lipinski definition) is 0. The number of rotatable bonds is 6. The predicted molar refractivity (Wildman–Crippen MR) is 153 cm³/mol. The van der Waals surface area contributed by atoms with Gasteiger partial charge in [-0.2, -0.15) is 0 Å². The van der Waals surface area contributed by atoms with Crippen molar-refractivity contribution in [2.75, 3.05) is 4.90 Å². The molecular weight excluding hydrogens is 466 g/mol. The van der Waals surface area contributed by atoms with Crippen molar-refractivity contribution in [1.29, 1.82) is 0 Å². The van der Waals surface area contributed by atoms with Gasteiger partial charge in [-0.05, 0) is 70.7 Å². The lowest BCUT2D eigenvalue weighted by Gasteiger charge is -2.38. The molecule has 192 valence electrons. The van der Waals surface area contributed by atoms with E-state index < -0.39 is 16.6 Å². The lowest BCUT2D eigenvalue weighted by atomic mass is 9.89. The van der Waals surface area contributed by atoms with Crippen LogP contribution in [-0.4, -0.2) is 22.5 Å². The van der Waals surface area contributed by atoms with Crippen LogP contribution in [0.25, 0.3) is 11.1 Å². The number of benzene rings is 2. The first-order chi connectivity index (χ1) is 15.9. The summed E-state index contributed by atoms with van der Waals surface area (Å²) in [6.07, 6.45) is 0. The summed E-state index contributed by atoms with van der Waals surface area (Å²) in [6, 6.07) is 12.8. The van der Waals surface area contributed by atoms with Gasteiger partial charge in [0.05, 0.1) is 25.4 Å². The molecule has 1 amide bonds. The fourth-order valence-electron chi connectivity index (χ4n) is 3.81. The Morgan fingerprint density at radius 2 is 1.31 bits per heavy atom. The lowest BCUT2D eigenvalue weighted by Crippen LogP contribution is -2.41. The van der Waals surface area contributed by atoms with Crippen LogP contribution in [0.3, 0.4) is 0 Å². The zero-order valence-electron chi connectivity index (χ0n) is 23.8. The van der Waals surface area contributed by atoms with E-state index in [1.165, 1.54) is 22.3 Å². The molecule has 1 aliphatic heterocycles. The second-order valence-corrected chi connectivity index (χ2v) is 22.6. The van der Waals surface area contributed by atoms with Crippen LogP contribution in [0.15, 0.2) is 36.4 Å². The van der Waals surface area contributed by atoms with Crippen LogP contribution in [0.2, 0.25) is 36.3 Å². The highest BCUT2D eigenvalue weighted by molar-refractivity contribution is 6.74. The molecule has 0 unspecified atom stereocenters. The lowest BCUT2D eigenvalue weighted by molar-refractivity contribution is -0.116. The van der Waals surface area contributed by atoms with Gasteiger partial charge in [0.2, 0.25) is 5.91 Å². The molecule has 0 saturated carbocycles. The maximum absolute atomic E-state index is 12.5. The number of carbonyl (C=O) groups is 1. The smallest absolute Gasteiger partial charge is 0.224 e. The minimum atomic E-state index is -1.92. The first kappa shape index (κ1) is 27.8. The van der Waals surface area contributed by atoms with Gasteiger partial charge in [-0.15, -0.1) is 0 Å². The molecule has 0 N–H and O–H groups in total. The van der Waals surface area contributed by atoms with Gasteiger partial charge in [-0.1, -0.05) is 65.8 Å². The van der Waals surface area contributed by atoms with Crippen molar-refractivity contribution in [2.45, 2.75) is 104 Å². The zero-order valence-corrected chi connectivity index (χ0v) is 25.8. The number of carbonyl (C=O) groups excluding carboxylic acids is 1. The molecule has 0 aliphatic carbocycles. The highest BCUT2D eigenvalue weighted by Crippen LogP contribution is 2.43. The number of nitrogens with zero attached hydrogens (tertiary/aromatic N) is 1. The molecule has 35 heavy (non-hydrogen) atoms. The van der Waals surface area contributed by atoms with Gasteiger partial charge < -0.3 is 13.8 Å². The molecule has 0 saturated heterocycles. The Bertz CT molecular complexity index is 1090. The molecule has 0 spiro atoms. The normalized spacial score (nSPS) is 14.5. The molecule has 0 aromatic heterocycles. The summed E-state index contributed by atoms with van der Waals surface area (Å²) >= 11 is 0. The van der Waals surface area contributed by atoms with E-state index in [0.717, 1.165) is 11.3 Å². The van der Waals surface area contributed by atoms with Crippen LogP contribution in [0.5, 0.6) is 0 Å². The Balaban J connectivity index is 2.07. The van der Waals surface area contributed by atoms with Crippen molar-refractivity contribution in [2.24, 2.45) is 0 Å². The highest BCUT2D eigenvalue weighted by atomic mass is 28.4. The summed E-state index contributed by atoms with van der Waals surface area (Å²) in [4.78, 5) is 14.4. The molecule has 3 rings (SSSR count). The Labute approximate surface area is 215 Å². The molecule has 0 atom stereocenters. The quantitative estimate of drug-likeness (QED) is 0.366. The monoisotopic (exact) mass is 511 g/mol. The standard InChI is InChI=1S/C29H45NO3Si2/c1-21(31)30-18-22-16-23(19-32-34(8,9)28(2,3)4)24(20-33-35(10,11)29(5,6)7)17-26(22)25-14-12-13-15-27(25)30/h12-17H,18-20H2,1-11H3. The second kappa shape index (κ2) is 9.62. The molecule has 1 aliphatic rings. The average molecular weight is 512 g/mol. The molecule has 1 heterocycles. The molecule has 6 heteroatoms. The number of anilines is 1. The summed E-state index contributed by atoms with van der Waals surface area (Å²) in [5.74, 6) is 0.0625. The summed E-state index contributed by atoms with van der Waals surface area (Å²) in [6.45, 7) is 26.2. The van der Waals surface area contributed by atoms with E-state index in [0.29, 0.717) is 19.8 Å². The molecule has 4 nitrogen and oxygen atoms in total. The number of amides is 1. The maximum atomic E-state index is 12.5. The Morgan fingerprint density at radius 3 is 1.80 bits per heavy atom. The summed E-state index contributed by atoms with van der Waals surface area (Å²) in [7, 11) is -3.84. The first-order valence-corrected chi connectivity index (χ1v) is 18.6. The fourth-order valence-corrected chi connectivity index (χ4v) is 5.71. The zero-order chi connectivity index (χ0) is 26.4.